The van der Waals surface area contributed by atoms with Crippen LogP contribution in [0.15, 0.2) is 205 Å². The van der Waals surface area contributed by atoms with Gasteiger partial charge in [0.25, 0.3) is 29.5 Å². The molecule has 13 rings (SSSR count). The lowest BCUT2D eigenvalue weighted by molar-refractivity contribution is 0.0629. The van der Waals surface area contributed by atoms with Crippen LogP contribution in [0, 0.1) is 34.9 Å². The Morgan fingerprint density at radius 1 is 0.471 bits per heavy atom. The number of ether oxygens (including phenoxy) is 2. The number of primary amides is 1. The molecule has 0 saturated carbocycles. The molecule has 2 aliphatic heterocycles. The third-order valence-corrected chi connectivity index (χ3v) is 22.0. The molecule has 15 amide bonds. The number of amides is 15. The van der Waals surface area contributed by atoms with Crippen molar-refractivity contribution in [2.75, 3.05) is 71.2 Å². The van der Waals surface area contributed by atoms with Gasteiger partial charge in [0.1, 0.15) is 65.4 Å². The van der Waals surface area contributed by atoms with Crippen molar-refractivity contribution in [1.29, 1.82) is 0 Å². The third-order valence-electron chi connectivity index (χ3n) is 20.7. The van der Waals surface area contributed by atoms with Gasteiger partial charge in [-0.15, -0.1) is 0 Å². The minimum atomic E-state index is -0.857. The molecule has 0 aliphatic carbocycles. The number of hydrogen-bond donors (Lipinski definition) is 9. The molecule has 3 aromatic heterocycles. The van der Waals surface area contributed by atoms with E-state index in [1.54, 1.807) is 84.9 Å². The van der Waals surface area contributed by atoms with Crippen LogP contribution in [-0.4, -0.2) is 195 Å². The third kappa shape index (κ3) is 30.2. The second kappa shape index (κ2) is 52.5. The number of nitrogens with one attached hydrogen (secondary N) is 6. The van der Waals surface area contributed by atoms with Crippen molar-refractivity contribution in [3.05, 3.63) is 300 Å². The Morgan fingerprint density at radius 3 is 1.18 bits per heavy atom. The predicted octanol–water partition coefficient (Wildman–Crippen LogP) is 15.9. The Kier molecular flexibility index (Phi) is 42.0. The number of urea groups is 4. The number of aliphatic hydroxyl groups excluding tert-OH is 1. The van der Waals surface area contributed by atoms with Crippen LogP contribution in [0.3, 0.4) is 0 Å². The van der Waals surface area contributed by atoms with Gasteiger partial charge in [-0.1, -0.05) is 95.5 Å². The van der Waals surface area contributed by atoms with Gasteiger partial charge < -0.3 is 56.7 Å². The SMILES string of the molecule is CN(C(=O)NCc1cccc(F)c1Cl)[C@@H](CCCN1C(=O)c2ccccc2C1=O)COC(=O)Nc1cc2cc(F)ccc2cn1.CN(C(=O)NCc1cccc(F)c1Cl)[C@@H](CCCN=C(N)NC(N)=O)COC(=O)Nc1cc2cc(F)ccc2cn1.CN(C(=O)NCc1cccc(F)c1Cl)[C@H](CO)CCCN1C(=O)c2ccccc2C1=O.S.S.S.[N-]=[N+]=NC(=O)c1cc2cc(F)ccc2cn1. The summed E-state index contributed by atoms with van der Waals surface area (Å²) in [5, 5.41) is 31.1. The maximum atomic E-state index is 13.8. The normalized spacial score (nSPS) is 12.2. The van der Waals surface area contributed by atoms with Crippen molar-refractivity contribution in [3.63, 3.8) is 0 Å². The maximum Gasteiger partial charge on any atom is 0.412 e. The number of carbonyl (C=O) groups excluding carboxylic acids is 11. The van der Waals surface area contributed by atoms with Crippen molar-refractivity contribution >= 4 is 191 Å². The molecule has 46 heteroatoms. The smallest absolute Gasteiger partial charge is 0.412 e. The summed E-state index contributed by atoms with van der Waals surface area (Å²) in [7, 11) is 4.53. The molecule has 5 heterocycles. The summed E-state index contributed by atoms with van der Waals surface area (Å²) in [6.07, 6.45) is 4.75. The lowest BCUT2D eigenvalue weighted by Crippen LogP contribution is -2.46. The standard InChI is InChI=1S/C32H28ClF2N5O5.C26H29ClF2N8O4.C22H23ClFN3O4.C10H5FN4O.3H2S/c1-39(31(43)37-17-20-6-4-10-26(35)28(20)33)23(7-5-13-40-29(41)24-8-2-3-9-25(24)30(40)42)18-45-32(44)38-27-15-21-14-22(34)12-11-19(21)16-36-27;1-37(25(39)34-13-16-4-2-6-20(29)22(16)27)19(5-3-9-32-23(30)36-24(31)38)14-41-26(40)35-21-11-17-10-18(28)8-7-15(17)12-33-21;1-26(22(31)25-12-14-6-4-10-18(24)19(14)23)15(13-28)7-5-11-27-20(29)16-8-2-3-9-17(16)21(27)30;11-8-2-1-6-5-13-9(4-7(6)3-8)10(16)14-15-12;;;/h2-4,6,8-12,14-16,23H,5,7,13,17-18H2,1H3,(H,37,43)(H,36,38,44);2,4,6-8,10-12,19H,3,5,9,13-14H2,1H3,(H,34,39)(H,33,35,40)(H5,30,31,32,36,38);2-4,6,8-10,15,28H,5,7,11-13H2,1H3,(H,25,31);1-5H;3*1H2/t23-;19-;15-;;;;/m000..../s1. The molecule has 0 spiro atoms. The average Bonchev–Trinajstić information content (AvgIpc) is 1.64. The predicted molar refractivity (Wildman–Crippen MR) is 513 cm³/mol. The number of fused-ring (bicyclic) bond motifs is 5. The van der Waals surface area contributed by atoms with Gasteiger partial charge in [0, 0.05) is 100 Å². The topological polar surface area (TPSA) is 467 Å². The van der Waals surface area contributed by atoms with Crippen molar-refractivity contribution < 1.29 is 93.7 Å². The van der Waals surface area contributed by atoms with Crippen molar-refractivity contribution in [3.8, 4) is 0 Å². The number of nitrogens with two attached hydrogens (primary N) is 2. The van der Waals surface area contributed by atoms with E-state index >= 15 is 0 Å². The quantitative estimate of drug-likeness (QED) is 0.00307. The molecular formula is C90H91Cl3F6N20O14S3. The van der Waals surface area contributed by atoms with Crippen molar-refractivity contribution in [2.24, 2.45) is 21.6 Å². The number of pyridine rings is 3. The number of rotatable bonds is 29. The molecule has 0 radical (unpaired) electrons. The number of imide groups is 2. The van der Waals surface area contributed by atoms with Crippen LogP contribution in [0.4, 0.5) is 66.7 Å². The Hall–Kier alpha value is -14.2. The molecule has 0 bridgehead atoms. The lowest BCUT2D eigenvalue weighted by atomic mass is 10.1. The van der Waals surface area contributed by atoms with Crippen LogP contribution in [-0.2, 0) is 29.1 Å². The Morgan fingerprint density at radius 2 is 0.816 bits per heavy atom. The summed E-state index contributed by atoms with van der Waals surface area (Å²) in [6, 6.07) is 38.7. The van der Waals surface area contributed by atoms with Gasteiger partial charge in [0.2, 0.25) is 0 Å². The summed E-state index contributed by atoms with van der Waals surface area (Å²) in [5.74, 6) is -5.19. The number of aromatic nitrogens is 3. The summed E-state index contributed by atoms with van der Waals surface area (Å²) < 4.78 is 92.0. The maximum absolute atomic E-state index is 13.8. The van der Waals surface area contributed by atoms with Crippen LogP contribution in [0.25, 0.3) is 42.8 Å². The van der Waals surface area contributed by atoms with Gasteiger partial charge in [-0.2, -0.15) is 40.5 Å². The first-order valence-corrected chi connectivity index (χ1v) is 41.7. The zero-order chi connectivity index (χ0) is 96.1. The average molecular weight is 1990 g/mol. The molecule has 0 unspecified atom stereocenters. The number of guanidine groups is 1. The van der Waals surface area contributed by atoms with E-state index < -0.39 is 107 Å². The van der Waals surface area contributed by atoms with Crippen LogP contribution >= 0.6 is 75.3 Å². The van der Waals surface area contributed by atoms with Gasteiger partial charge in [0.15, 0.2) is 5.96 Å². The fourth-order valence-corrected chi connectivity index (χ4v) is 14.1. The van der Waals surface area contributed by atoms with Crippen LogP contribution in [0.2, 0.25) is 15.1 Å². The first-order valence-electron chi connectivity index (χ1n) is 40.5. The number of aliphatic imine (C=N–C) groups is 1. The van der Waals surface area contributed by atoms with Crippen LogP contribution in [0.5, 0.6) is 0 Å². The zero-order valence-electron chi connectivity index (χ0n) is 72.5. The number of nitrogens with zero attached hydrogens (tertiary/aromatic N) is 12. The van der Waals surface area contributed by atoms with Gasteiger partial charge in [0.05, 0.1) is 62.1 Å². The first-order chi connectivity index (χ1) is 63.7. The zero-order valence-corrected chi connectivity index (χ0v) is 77.8. The molecule has 3 atom stereocenters. The molecule has 0 fully saturated rings. The Balaban J connectivity index is 0.000000257. The Labute approximate surface area is 809 Å². The highest BCUT2D eigenvalue weighted by atomic mass is 35.5. The van der Waals surface area contributed by atoms with E-state index in [1.165, 1.54) is 150 Å². The molecule has 34 nitrogen and oxygen atoms in total. The van der Waals surface area contributed by atoms with E-state index in [-0.39, 0.29) is 156 Å². The largest absolute Gasteiger partial charge is 0.447 e. The fraction of sp³-hybridized carbons (Fsp3) is 0.233. The van der Waals surface area contributed by atoms with E-state index in [0.29, 0.717) is 103 Å². The minimum Gasteiger partial charge on any atom is -0.447 e. The number of carbonyl (C=O) groups is 11. The molecule has 136 heavy (non-hydrogen) atoms. The number of likely N-dealkylation sites (N-methyl/N-ethyl adjacent to an activating group) is 3. The molecule has 8 aromatic carbocycles. The highest BCUT2D eigenvalue weighted by Crippen LogP contribution is 2.29. The van der Waals surface area contributed by atoms with Gasteiger partial charge >= 0.3 is 36.3 Å². The van der Waals surface area contributed by atoms with E-state index in [4.69, 9.17) is 61.3 Å². The van der Waals surface area contributed by atoms with Gasteiger partial charge in [-0.05, 0) is 197 Å². The number of anilines is 2. The van der Waals surface area contributed by atoms with E-state index in [2.05, 4.69) is 61.9 Å². The lowest BCUT2D eigenvalue weighted by Gasteiger charge is -2.28. The van der Waals surface area contributed by atoms with Gasteiger partial charge in [-0.25, -0.2) is 65.1 Å². The second-order valence-electron chi connectivity index (χ2n) is 29.5. The summed E-state index contributed by atoms with van der Waals surface area (Å²) in [6.45, 7) is -0.352. The van der Waals surface area contributed by atoms with E-state index in [0.717, 1.165) is 4.90 Å². The summed E-state index contributed by atoms with van der Waals surface area (Å²) >= 11 is 17.9. The molecule has 2 aliphatic rings. The van der Waals surface area contributed by atoms with E-state index in [1.807, 2.05) is 0 Å². The highest BCUT2D eigenvalue weighted by Gasteiger charge is 2.37. The molecule has 0 saturated heterocycles. The molecule has 11 aromatic rings. The number of aliphatic hydroxyl groups is 1. The Bertz CT molecular complexity index is 6240. The number of hydrogen-bond acceptors (Lipinski definition) is 18. The molecule has 716 valence electrons. The first kappa shape index (κ1) is 109. The van der Waals surface area contributed by atoms with Crippen molar-refractivity contribution in [1.82, 2.24) is 60.7 Å². The number of halogens is 9. The van der Waals surface area contributed by atoms with Crippen LogP contribution in [0.1, 0.15) is 107 Å². The molecular weight excluding hydrogens is 1900 g/mol. The van der Waals surface area contributed by atoms with Gasteiger partial charge in [-0.3, -0.25) is 59.7 Å². The molecule has 11 N–H and O–H groups in total. The second-order valence-corrected chi connectivity index (χ2v) is 30.6. The minimum absolute atomic E-state index is 0. The number of benzene rings is 8. The van der Waals surface area contributed by atoms with E-state index in [9.17, 15) is 84.2 Å². The highest BCUT2D eigenvalue weighted by molar-refractivity contribution is 7.59. The number of azide groups is 1. The van der Waals surface area contributed by atoms with Crippen molar-refractivity contribution in [2.45, 2.75) is 76.3 Å². The summed E-state index contributed by atoms with van der Waals surface area (Å²) in [5.41, 5.74) is 21.3. The monoisotopic (exact) mass is 1990 g/mol. The summed E-state index contributed by atoms with van der Waals surface area (Å²) in [4.78, 5) is 161. The van der Waals surface area contributed by atoms with Crippen LogP contribution < -0.4 is 43.4 Å². The fourth-order valence-electron chi connectivity index (χ4n) is 13.5.